The first-order valence-electron chi connectivity index (χ1n) is 12.9. The second-order valence-corrected chi connectivity index (χ2v) is 10.2. The van der Waals surface area contributed by atoms with Crippen molar-refractivity contribution in [3.05, 3.63) is 88.7 Å². The summed E-state index contributed by atoms with van der Waals surface area (Å²) in [4.78, 5) is 25.4. The number of aromatic nitrogens is 2. The molecule has 1 atom stereocenters. The standard InChI is InChI=1S/C29H32F2N4O/c1-20-8-7-15-35(19-20)28-33-18-24(27(36)32-17-21-11-12-23(30)16-25(21)31)26(34-28)29(13-5-6-14-29)22-9-3-2-4-10-22/h2-4,9-12,16,18,20H,5-8,13-15,17,19H2,1H3,(H,32,36). The zero-order valence-corrected chi connectivity index (χ0v) is 20.6. The number of piperidine rings is 1. The van der Waals surface area contributed by atoms with Gasteiger partial charge in [0.2, 0.25) is 5.95 Å². The van der Waals surface area contributed by atoms with Crippen LogP contribution in [0.1, 0.15) is 72.6 Å². The lowest BCUT2D eigenvalue weighted by Gasteiger charge is -2.34. The number of nitrogens with zero attached hydrogens (tertiary/aromatic N) is 3. The van der Waals surface area contributed by atoms with Crippen LogP contribution in [-0.4, -0.2) is 29.0 Å². The van der Waals surface area contributed by atoms with E-state index in [-0.39, 0.29) is 23.4 Å². The van der Waals surface area contributed by atoms with Gasteiger partial charge in [0.05, 0.1) is 11.3 Å². The summed E-state index contributed by atoms with van der Waals surface area (Å²) < 4.78 is 27.5. The van der Waals surface area contributed by atoms with E-state index in [0.29, 0.717) is 17.4 Å². The van der Waals surface area contributed by atoms with Gasteiger partial charge in [-0.25, -0.2) is 18.7 Å². The minimum absolute atomic E-state index is 0.0475. The van der Waals surface area contributed by atoms with Crippen LogP contribution in [0.5, 0.6) is 0 Å². The molecule has 7 heteroatoms. The van der Waals surface area contributed by atoms with Crippen LogP contribution in [0, 0.1) is 17.6 Å². The van der Waals surface area contributed by atoms with Gasteiger partial charge in [0, 0.05) is 42.9 Å². The van der Waals surface area contributed by atoms with E-state index in [1.54, 1.807) is 6.20 Å². The first-order chi connectivity index (χ1) is 17.5. The Morgan fingerprint density at radius 1 is 1.11 bits per heavy atom. The number of hydrogen-bond donors (Lipinski definition) is 1. The molecule has 0 bridgehead atoms. The highest BCUT2D eigenvalue weighted by Crippen LogP contribution is 2.47. The summed E-state index contributed by atoms with van der Waals surface area (Å²) in [5, 5.41) is 2.82. The van der Waals surface area contributed by atoms with Gasteiger partial charge in [0.1, 0.15) is 11.6 Å². The van der Waals surface area contributed by atoms with Crippen molar-refractivity contribution in [1.82, 2.24) is 15.3 Å². The minimum Gasteiger partial charge on any atom is -0.348 e. The molecule has 2 aromatic carbocycles. The second-order valence-electron chi connectivity index (χ2n) is 10.2. The van der Waals surface area contributed by atoms with Crippen LogP contribution in [0.2, 0.25) is 0 Å². The molecular weight excluding hydrogens is 458 g/mol. The lowest BCUT2D eigenvalue weighted by atomic mass is 9.74. The number of carbonyl (C=O) groups is 1. The van der Waals surface area contributed by atoms with Gasteiger partial charge in [0.25, 0.3) is 5.91 Å². The van der Waals surface area contributed by atoms with Gasteiger partial charge in [-0.3, -0.25) is 4.79 Å². The van der Waals surface area contributed by atoms with Crippen LogP contribution < -0.4 is 10.2 Å². The number of anilines is 1. The van der Waals surface area contributed by atoms with Crippen LogP contribution in [0.15, 0.2) is 54.7 Å². The third-order valence-corrected chi connectivity index (χ3v) is 7.65. The van der Waals surface area contributed by atoms with Crippen molar-refractivity contribution in [3.63, 3.8) is 0 Å². The average Bonchev–Trinajstić information content (AvgIpc) is 3.39. The van der Waals surface area contributed by atoms with Crippen LogP contribution in [-0.2, 0) is 12.0 Å². The Morgan fingerprint density at radius 2 is 1.89 bits per heavy atom. The Labute approximate surface area is 211 Å². The molecule has 36 heavy (non-hydrogen) atoms. The van der Waals surface area contributed by atoms with Crippen molar-refractivity contribution < 1.29 is 13.6 Å². The smallest absolute Gasteiger partial charge is 0.255 e. The van der Waals surface area contributed by atoms with E-state index < -0.39 is 11.6 Å². The first kappa shape index (κ1) is 24.3. The number of benzene rings is 2. The lowest BCUT2D eigenvalue weighted by Crippen LogP contribution is -2.37. The van der Waals surface area contributed by atoms with Crippen molar-refractivity contribution in [2.75, 3.05) is 18.0 Å². The van der Waals surface area contributed by atoms with Crippen molar-refractivity contribution in [3.8, 4) is 0 Å². The van der Waals surface area contributed by atoms with E-state index in [1.807, 2.05) is 18.2 Å². The van der Waals surface area contributed by atoms with Gasteiger partial charge in [-0.1, -0.05) is 56.2 Å². The van der Waals surface area contributed by atoms with Crippen molar-refractivity contribution in [1.29, 1.82) is 0 Å². The number of nitrogens with one attached hydrogen (secondary N) is 1. The monoisotopic (exact) mass is 490 g/mol. The maximum absolute atomic E-state index is 14.2. The first-order valence-corrected chi connectivity index (χ1v) is 12.9. The molecule has 5 rings (SSSR count). The molecule has 1 saturated heterocycles. The number of amides is 1. The summed E-state index contributed by atoms with van der Waals surface area (Å²) in [6.45, 7) is 3.99. The van der Waals surface area contributed by atoms with Crippen LogP contribution >= 0.6 is 0 Å². The zero-order valence-electron chi connectivity index (χ0n) is 20.6. The van der Waals surface area contributed by atoms with Crippen LogP contribution in [0.3, 0.4) is 0 Å². The fourth-order valence-electron chi connectivity index (χ4n) is 5.76. The predicted molar refractivity (Wildman–Crippen MR) is 136 cm³/mol. The van der Waals surface area contributed by atoms with Gasteiger partial charge >= 0.3 is 0 Å². The molecule has 1 amide bonds. The fourth-order valence-corrected chi connectivity index (χ4v) is 5.76. The summed E-state index contributed by atoms with van der Waals surface area (Å²) in [7, 11) is 0. The van der Waals surface area contributed by atoms with Crippen molar-refractivity contribution in [2.24, 2.45) is 5.92 Å². The topological polar surface area (TPSA) is 58.1 Å². The van der Waals surface area contributed by atoms with Crippen LogP contribution in [0.4, 0.5) is 14.7 Å². The molecule has 1 N–H and O–H groups in total. The molecule has 1 aliphatic carbocycles. The van der Waals surface area contributed by atoms with Crippen molar-refractivity contribution >= 4 is 11.9 Å². The Hall–Kier alpha value is -3.35. The number of halogens is 2. The Kier molecular flexibility index (Phi) is 6.99. The highest BCUT2D eigenvalue weighted by Gasteiger charge is 2.42. The highest BCUT2D eigenvalue weighted by atomic mass is 19.1. The molecule has 5 nitrogen and oxygen atoms in total. The summed E-state index contributed by atoms with van der Waals surface area (Å²) >= 11 is 0. The van der Waals surface area contributed by atoms with E-state index in [2.05, 4.69) is 34.3 Å². The number of rotatable bonds is 6. The van der Waals surface area contributed by atoms with Crippen LogP contribution in [0.25, 0.3) is 0 Å². The van der Waals surface area contributed by atoms with Gasteiger partial charge in [-0.2, -0.15) is 0 Å². The zero-order chi connectivity index (χ0) is 25.1. The quantitative estimate of drug-likeness (QED) is 0.476. The largest absolute Gasteiger partial charge is 0.348 e. The normalized spacial score (nSPS) is 19.3. The van der Waals surface area contributed by atoms with Gasteiger partial charge in [-0.15, -0.1) is 0 Å². The van der Waals surface area contributed by atoms with Crippen molar-refractivity contribution in [2.45, 2.75) is 57.4 Å². The summed E-state index contributed by atoms with van der Waals surface area (Å²) in [6.07, 6.45) is 7.82. The molecular formula is C29H32F2N4O. The molecule has 1 saturated carbocycles. The maximum atomic E-state index is 14.2. The van der Waals surface area contributed by atoms with E-state index in [4.69, 9.17) is 4.98 Å². The molecule has 0 radical (unpaired) electrons. The molecule has 3 aromatic rings. The summed E-state index contributed by atoms with van der Waals surface area (Å²) in [6, 6.07) is 13.7. The summed E-state index contributed by atoms with van der Waals surface area (Å²) in [5.74, 6) is -0.451. The Balaban J connectivity index is 1.53. The average molecular weight is 491 g/mol. The number of carbonyl (C=O) groups excluding carboxylic acids is 1. The predicted octanol–water partition coefficient (Wildman–Crippen LogP) is 5.78. The lowest BCUT2D eigenvalue weighted by molar-refractivity contribution is 0.0947. The van der Waals surface area contributed by atoms with Gasteiger partial charge in [0.15, 0.2) is 0 Å². The Morgan fingerprint density at radius 3 is 2.61 bits per heavy atom. The maximum Gasteiger partial charge on any atom is 0.255 e. The highest BCUT2D eigenvalue weighted by molar-refractivity contribution is 5.95. The molecule has 1 aliphatic heterocycles. The molecule has 1 aromatic heterocycles. The molecule has 2 heterocycles. The molecule has 188 valence electrons. The molecule has 2 aliphatic rings. The van der Waals surface area contributed by atoms with E-state index in [9.17, 15) is 13.6 Å². The minimum atomic E-state index is -0.683. The van der Waals surface area contributed by atoms with Gasteiger partial charge in [-0.05, 0) is 43.2 Å². The third-order valence-electron chi connectivity index (χ3n) is 7.65. The number of hydrogen-bond acceptors (Lipinski definition) is 4. The molecule has 0 spiro atoms. The SMILES string of the molecule is CC1CCCN(c2ncc(C(=O)NCc3ccc(F)cc3F)c(C3(c4ccccc4)CCCC3)n2)C1. The molecule has 1 unspecified atom stereocenters. The summed E-state index contributed by atoms with van der Waals surface area (Å²) in [5.41, 5.74) is 2.15. The Bertz CT molecular complexity index is 1230. The van der Waals surface area contributed by atoms with E-state index in [1.165, 1.54) is 18.6 Å². The fraction of sp³-hybridized carbons (Fsp3) is 0.414. The van der Waals surface area contributed by atoms with E-state index in [0.717, 1.165) is 62.5 Å². The van der Waals surface area contributed by atoms with E-state index >= 15 is 0 Å². The van der Waals surface area contributed by atoms with Gasteiger partial charge < -0.3 is 10.2 Å². The second kappa shape index (κ2) is 10.3. The molecule has 2 fully saturated rings. The third kappa shape index (κ3) is 4.84.